The van der Waals surface area contributed by atoms with E-state index >= 15 is 0 Å². The first-order valence-corrected chi connectivity index (χ1v) is 2.33. The molecule has 3 nitrogen and oxygen atoms in total. The second kappa shape index (κ2) is 5.48. The maximum Gasteiger partial charge on any atom is 0 e. The summed E-state index contributed by atoms with van der Waals surface area (Å²) in [4.78, 5) is 0. The van der Waals surface area contributed by atoms with Gasteiger partial charge in [-0.25, -0.2) is 0 Å². The predicted octanol–water partition coefficient (Wildman–Crippen LogP) is -0.797. The van der Waals surface area contributed by atoms with Gasteiger partial charge in [0.1, 0.15) is 0 Å². The molecule has 0 aliphatic heterocycles. The van der Waals surface area contributed by atoms with Crippen molar-refractivity contribution in [3.63, 3.8) is 0 Å². The van der Waals surface area contributed by atoms with Gasteiger partial charge in [0.2, 0.25) is 0 Å². The molecule has 0 saturated carbocycles. The molecule has 0 unspecified atom stereocenters. The number of hydrogen-bond acceptors (Lipinski definition) is 2. The summed E-state index contributed by atoms with van der Waals surface area (Å²) in [5.41, 5.74) is 0. The molecule has 0 aliphatic rings. The van der Waals surface area contributed by atoms with Crippen molar-refractivity contribution in [2.45, 2.75) is 0 Å². The van der Waals surface area contributed by atoms with Crippen molar-refractivity contribution >= 4 is 0 Å². The van der Waals surface area contributed by atoms with Crippen molar-refractivity contribution in [1.82, 2.24) is 0 Å². The van der Waals surface area contributed by atoms with Gasteiger partial charge in [-0.15, -0.1) is 0 Å². The molecule has 0 spiro atoms. The second-order valence-electron chi connectivity index (χ2n) is 0.238. The third-order valence-corrected chi connectivity index (χ3v) is 0. The minimum absolute atomic E-state index is 0. The van der Waals surface area contributed by atoms with Crippen LogP contribution < -0.4 is 0 Å². The van der Waals surface area contributed by atoms with Crippen LogP contribution in [-0.2, 0) is 22.7 Å². The molecule has 1 N–H and O–H groups in total. The molecular weight excluding hydrogens is 249 g/mol. The Balaban J connectivity index is 0. The molecule has 5 heteroatoms. The minimum Gasteiger partial charge on any atom is 0 e. The van der Waals surface area contributed by atoms with Gasteiger partial charge >= 0.3 is 26.8 Å². The summed E-state index contributed by atoms with van der Waals surface area (Å²) < 4.78 is 24.4. The van der Waals surface area contributed by atoms with E-state index in [2.05, 4.69) is 0 Å². The van der Waals surface area contributed by atoms with Gasteiger partial charge in [-0.05, 0) is 0 Å². The van der Waals surface area contributed by atoms with Crippen LogP contribution in [0.5, 0.6) is 0 Å². The van der Waals surface area contributed by atoms with Gasteiger partial charge < -0.3 is 0 Å². The molecule has 0 bridgehead atoms. The quantitative estimate of drug-likeness (QED) is 0.612. The molecule has 0 amide bonds. The molecule has 0 saturated heterocycles. The Labute approximate surface area is 66.2 Å². The van der Waals surface area contributed by atoms with Crippen molar-refractivity contribution in [2.24, 2.45) is 0 Å². The Bertz CT molecular complexity index is 55.3. The van der Waals surface area contributed by atoms with Crippen LogP contribution in [-0.4, -0.2) is 4.03 Å². The largest absolute Gasteiger partial charge is 0 e. The third-order valence-electron chi connectivity index (χ3n) is 0. The van der Waals surface area contributed by atoms with Gasteiger partial charge in [0.05, 0.1) is 0 Å². The zero-order valence-corrected chi connectivity index (χ0v) is 6.14. The maximum absolute atomic E-state index is 8.67. The van der Waals surface area contributed by atoms with Crippen LogP contribution in [0, 0.1) is 40.4 Å². The van der Waals surface area contributed by atoms with Gasteiger partial charge in [-0.2, -0.15) is 0 Å². The van der Waals surface area contributed by atoms with Crippen LogP contribution in [0.4, 0.5) is 0 Å². The zero-order chi connectivity index (χ0) is 3.58. The van der Waals surface area contributed by atoms with Crippen molar-refractivity contribution in [3.05, 3.63) is 0 Å². The first-order chi connectivity index (χ1) is 1.73. The molecule has 0 atom stereocenters. The van der Waals surface area contributed by atoms with Crippen LogP contribution in [0.2, 0.25) is 0 Å². The zero-order valence-electron chi connectivity index (χ0n) is 2.12. The SMILES string of the molecule is [O]=[V](=[O])[OH].[Sm]. The van der Waals surface area contributed by atoms with Crippen LogP contribution in [0.25, 0.3) is 0 Å². The summed E-state index contributed by atoms with van der Waals surface area (Å²) in [6.45, 7) is 0. The molecule has 0 radical (unpaired) electrons. The smallest absolute Gasteiger partial charge is 0 e. The Kier molecular flexibility index (Phi) is 10.6. The van der Waals surface area contributed by atoms with Crippen LogP contribution in [0.3, 0.4) is 0 Å². The van der Waals surface area contributed by atoms with Gasteiger partial charge in [-0.3, -0.25) is 0 Å². The van der Waals surface area contributed by atoms with Crippen molar-refractivity contribution < 1.29 is 67.2 Å². The minimum atomic E-state index is -3.69. The fourth-order valence-corrected chi connectivity index (χ4v) is 0. The molecule has 0 aliphatic carbocycles. The summed E-state index contributed by atoms with van der Waals surface area (Å²) in [5.74, 6) is 0. The van der Waals surface area contributed by atoms with Crippen molar-refractivity contribution in [1.29, 1.82) is 0 Å². The van der Waals surface area contributed by atoms with Crippen LogP contribution in [0.15, 0.2) is 0 Å². The Morgan fingerprint density at radius 2 is 1.40 bits per heavy atom. The van der Waals surface area contributed by atoms with Gasteiger partial charge in [0, 0.05) is 40.4 Å². The van der Waals surface area contributed by atoms with E-state index in [4.69, 9.17) is 11.4 Å². The molecule has 0 fully saturated rings. The van der Waals surface area contributed by atoms with Gasteiger partial charge in [-0.1, -0.05) is 0 Å². The average molecular weight is 250 g/mol. The van der Waals surface area contributed by atoms with E-state index in [1.807, 2.05) is 0 Å². The molecule has 0 aromatic heterocycles. The normalized spacial score (nSPS) is 5.00. The summed E-state index contributed by atoms with van der Waals surface area (Å²) >= 11 is -3.69. The number of hydrogen-bond donors (Lipinski definition) is 1. The van der Waals surface area contributed by atoms with Crippen molar-refractivity contribution in [3.8, 4) is 0 Å². The summed E-state index contributed by atoms with van der Waals surface area (Å²) in [7, 11) is 0. The topological polar surface area (TPSA) is 54.4 Å². The van der Waals surface area contributed by atoms with E-state index in [1.165, 1.54) is 0 Å². The molecule has 30 valence electrons. The Morgan fingerprint density at radius 3 is 1.40 bits per heavy atom. The van der Waals surface area contributed by atoms with E-state index in [1.54, 1.807) is 0 Å². The molecular formula is HO3SmV. The first-order valence-electron chi connectivity index (χ1n) is 0.565. The third kappa shape index (κ3) is 30.3. The van der Waals surface area contributed by atoms with E-state index in [9.17, 15) is 0 Å². The Hall–Kier alpha value is 1.48. The van der Waals surface area contributed by atoms with Crippen molar-refractivity contribution in [2.75, 3.05) is 0 Å². The molecule has 0 rings (SSSR count). The van der Waals surface area contributed by atoms with E-state index < -0.39 is 15.4 Å². The van der Waals surface area contributed by atoms with Crippen LogP contribution >= 0.6 is 0 Å². The molecule has 5 heavy (non-hydrogen) atoms. The average Bonchev–Trinajstić information content (AvgIpc) is 0.811. The fraction of sp³-hybridized carbons (Fsp3) is 0. The van der Waals surface area contributed by atoms with E-state index in [0.717, 1.165) is 0 Å². The standard InChI is InChI=1S/H2O.2O.Sm.V/h1H2;;;;/q;;;;+1/p-1. The molecule has 0 aromatic rings. The second-order valence-corrected chi connectivity index (χ2v) is 0.981. The predicted molar refractivity (Wildman–Crippen MR) is 3.59 cm³/mol. The van der Waals surface area contributed by atoms with Crippen LogP contribution in [0.1, 0.15) is 0 Å². The summed E-state index contributed by atoms with van der Waals surface area (Å²) in [6, 6.07) is 0. The Morgan fingerprint density at radius 1 is 1.40 bits per heavy atom. The molecule has 0 aromatic carbocycles. The van der Waals surface area contributed by atoms with E-state index in [-0.39, 0.29) is 40.4 Å². The summed E-state index contributed by atoms with van der Waals surface area (Å²) in [5, 5.41) is 0. The maximum atomic E-state index is 8.67. The summed E-state index contributed by atoms with van der Waals surface area (Å²) in [6.07, 6.45) is 0. The van der Waals surface area contributed by atoms with Gasteiger partial charge in [0.25, 0.3) is 0 Å². The first kappa shape index (κ1) is 9.70. The number of rotatable bonds is 0. The van der Waals surface area contributed by atoms with Gasteiger partial charge in [0.15, 0.2) is 0 Å². The monoisotopic (exact) mass is 252 g/mol. The molecule has 0 heterocycles. The van der Waals surface area contributed by atoms with E-state index in [0.29, 0.717) is 0 Å². The fourth-order valence-electron chi connectivity index (χ4n) is 0.